The van der Waals surface area contributed by atoms with Gasteiger partial charge in [0.25, 0.3) is 0 Å². The molecule has 0 radical (unpaired) electrons. The Balaban J connectivity index is 2.11. The molecule has 0 unspecified atom stereocenters. The van der Waals surface area contributed by atoms with Crippen LogP contribution in [0.2, 0.25) is 0 Å². The van der Waals surface area contributed by atoms with Gasteiger partial charge in [-0.05, 0) is 12.8 Å². The summed E-state index contributed by atoms with van der Waals surface area (Å²) in [6, 6.07) is 1.76. The van der Waals surface area contributed by atoms with E-state index in [2.05, 4.69) is 9.88 Å². The third-order valence-corrected chi connectivity index (χ3v) is 2.41. The minimum atomic E-state index is -1.79. The van der Waals surface area contributed by atoms with Crippen molar-refractivity contribution in [2.75, 3.05) is 18.0 Å². The van der Waals surface area contributed by atoms with Crippen LogP contribution in [0.25, 0.3) is 0 Å². The molecule has 2 rings (SSSR count). The van der Waals surface area contributed by atoms with Gasteiger partial charge in [0.05, 0.1) is 18.1 Å². The van der Waals surface area contributed by atoms with E-state index < -0.39 is 7.32 Å². The molecule has 80 valence electrons. The lowest BCUT2D eigenvalue weighted by atomic mass is 10.2. The van der Waals surface area contributed by atoms with E-state index in [1.165, 1.54) is 19.0 Å². The molecule has 0 atom stereocenters. The van der Waals surface area contributed by atoms with Gasteiger partial charge < -0.3 is 19.6 Å². The Morgan fingerprint density at radius 3 is 2.67 bits per heavy atom. The highest BCUT2D eigenvalue weighted by Crippen LogP contribution is 2.23. The van der Waals surface area contributed by atoms with Crippen LogP contribution in [-0.2, 0) is 0 Å². The standard InChI is InChI=1S/C9H13BN2O3/c13-10(14)15-9-5-8(6-11-7-9)12-3-1-2-4-12/h5-7,13-14H,1-4H2. The van der Waals surface area contributed by atoms with Crippen molar-refractivity contribution in [3.05, 3.63) is 18.5 Å². The molecule has 0 aliphatic carbocycles. The zero-order chi connectivity index (χ0) is 10.7. The summed E-state index contributed by atoms with van der Waals surface area (Å²) in [5, 5.41) is 17.3. The van der Waals surface area contributed by atoms with Gasteiger partial charge >= 0.3 is 7.32 Å². The van der Waals surface area contributed by atoms with E-state index in [-0.39, 0.29) is 0 Å². The summed E-state index contributed by atoms with van der Waals surface area (Å²) in [5.41, 5.74) is 0.964. The summed E-state index contributed by atoms with van der Waals surface area (Å²) in [6.45, 7) is 2.04. The molecule has 0 saturated carbocycles. The van der Waals surface area contributed by atoms with E-state index in [4.69, 9.17) is 14.7 Å². The maximum Gasteiger partial charge on any atom is 0.707 e. The average Bonchev–Trinajstić information content (AvgIpc) is 2.69. The summed E-state index contributed by atoms with van der Waals surface area (Å²) >= 11 is 0. The summed E-state index contributed by atoms with van der Waals surface area (Å²) in [7, 11) is -1.79. The minimum Gasteiger partial charge on any atom is -0.511 e. The Labute approximate surface area is 88.5 Å². The first-order valence-corrected chi connectivity index (χ1v) is 4.98. The van der Waals surface area contributed by atoms with Gasteiger partial charge in [0.15, 0.2) is 0 Å². The van der Waals surface area contributed by atoms with Gasteiger partial charge in [-0.15, -0.1) is 0 Å². The molecule has 1 aromatic heterocycles. The van der Waals surface area contributed by atoms with Crippen LogP contribution in [0, 0.1) is 0 Å². The second-order valence-electron chi connectivity index (χ2n) is 3.52. The van der Waals surface area contributed by atoms with E-state index in [0.717, 1.165) is 18.8 Å². The van der Waals surface area contributed by atoms with Crippen molar-refractivity contribution >= 4 is 13.0 Å². The topological polar surface area (TPSA) is 65.8 Å². The summed E-state index contributed by atoms with van der Waals surface area (Å²) in [6.07, 6.45) is 5.59. The maximum absolute atomic E-state index is 8.65. The van der Waals surface area contributed by atoms with Crippen LogP contribution >= 0.6 is 0 Å². The number of hydrogen-bond acceptors (Lipinski definition) is 5. The summed E-state index contributed by atoms with van der Waals surface area (Å²) in [5.74, 6) is 0.370. The monoisotopic (exact) mass is 208 g/mol. The van der Waals surface area contributed by atoms with Crippen LogP contribution in [0.1, 0.15) is 12.8 Å². The molecule has 0 aromatic carbocycles. The fraction of sp³-hybridized carbons (Fsp3) is 0.444. The van der Waals surface area contributed by atoms with Crippen LogP contribution in [0.4, 0.5) is 5.69 Å². The summed E-state index contributed by atoms with van der Waals surface area (Å²) in [4.78, 5) is 6.19. The Kier molecular flexibility index (Phi) is 3.08. The smallest absolute Gasteiger partial charge is 0.511 e. The first kappa shape index (κ1) is 10.3. The van der Waals surface area contributed by atoms with Crippen LogP contribution in [0.5, 0.6) is 5.75 Å². The first-order valence-electron chi connectivity index (χ1n) is 4.98. The fourth-order valence-electron chi connectivity index (χ4n) is 1.74. The zero-order valence-corrected chi connectivity index (χ0v) is 8.33. The Morgan fingerprint density at radius 1 is 1.27 bits per heavy atom. The molecule has 1 aliphatic rings. The normalized spacial score (nSPS) is 15.5. The Morgan fingerprint density at radius 2 is 2.00 bits per heavy atom. The predicted molar refractivity (Wildman–Crippen MR) is 56.5 cm³/mol. The maximum atomic E-state index is 8.65. The van der Waals surface area contributed by atoms with Gasteiger partial charge in [0.1, 0.15) is 5.75 Å². The molecule has 0 amide bonds. The lowest BCUT2D eigenvalue weighted by Gasteiger charge is -2.17. The molecular weight excluding hydrogens is 195 g/mol. The predicted octanol–water partition coefficient (Wildman–Crippen LogP) is 0.0301. The number of pyridine rings is 1. The van der Waals surface area contributed by atoms with E-state index in [1.54, 1.807) is 12.3 Å². The SMILES string of the molecule is OB(O)Oc1cncc(N2CCCC2)c1. The molecule has 1 fully saturated rings. The number of anilines is 1. The average molecular weight is 208 g/mol. The van der Waals surface area contributed by atoms with Gasteiger partial charge in [-0.1, -0.05) is 0 Å². The van der Waals surface area contributed by atoms with Crippen LogP contribution in [0.3, 0.4) is 0 Å². The van der Waals surface area contributed by atoms with E-state index in [0.29, 0.717) is 5.75 Å². The fourth-order valence-corrected chi connectivity index (χ4v) is 1.74. The molecule has 2 N–H and O–H groups in total. The number of rotatable bonds is 3. The Hall–Kier alpha value is -1.27. The molecule has 0 spiro atoms. The van der Waals surface area contributed by atoms with Crippen molar-refractivity contribution in [2.24, 2.45) is 0 Å². The molecule has 5 nitrogen and oxygen atoms in total. The lowest BCUT2D eigenvalue weighted by Crippen LogP contribution is -2.21. The van der Waals surface area contributed by atoms with Crippen molar-refractivity contribution in [2.45, 2.75) is 12.8 Å². The van der Waals surface area contributed by atoms with Crippen molar-refractivity contribution in [3.8, 4) is 5.75 Å². The third kappa shape index (κ3) is 2.61. The second-order valence-corrected chi connectivity index (χ2v) is 3.52. The largest absolute Gasteiger partial charge is 0.707 e. The quantitative estimate of drug-likeness (QED) is 0.686. The van der Waals surface area contributed by atoms with Crippen molar-refractivity contribution in [3.63, 3.8) is 0 Å². The van der Waals surface area contributed by atoms with Crippen molar-refractivity contribution < 1.29 is 14.7 Å². The number of hydrogen-bond donors (Lipinski definition) is 2. The van der Waals surface area contributed by atoms with Gasteiger partial charge in [-0.2, -0.15) is 0 Å². The van der Waals surface area contributed by atoms with Gasteiger partial charge in [0, 0.05) is 19.2 Å². The minimum absolute atomic E-state index is 0.370. The second kappa shape index (κ2) is 4.50. The van der Waals surface area contributed by atoms with Crippen LogP contribution < -0.4 is 9.55 Å². The van der Waals surface area contributed by atoms with Crippen molar-refractivity contribution in [1.29, 1.82) is 0 Å². The molecule has 1 aromatic rings. The van der Waals surface area contributed by atoms with Crippen LogP contribution in [0.15, 0.2) is 18.5 Å². The highest BCUT2D eigenvalue weighted by Gasteiger charge is 2.15. The van der Waals surface area contributed by atoms with Crippen LogP contribution in [-0.4, -0.2) is 35.4 Å². The zero-order valence-electron chi connectivity index (χ0n) is 8.33. The number of aromatic nitrogens is 1. The van der Waals surface area contributed by atoms with Gasteiger partial charge in [-0.25, -0.2) is 0 Å². The molecule has 1 saturated heterocycles. The molecule has 15 heavy (non-hydrogen) atoms. The van der Waals surface area contributed by atoms with Gasteiger partial charge in [-0.3, -0.25) is 4.98 Å². The highest BCUT2D eigenvalue weighted by atomic mass is 16.6. The molecular formula is C9H13BN2O3. The Bertz CT molecular complexity index is 329. The third-order valence-electron chi connectivity index (χ3n) is 2.41. The highest BCUT2D eigenvalue weighted by molar-refractivity contribution is 6.33. The van der Waals surface area contributed by atoms with E-state index >= 15 is 0 Å². The number of nitrogens with zero attached hydrogens (tertiary/aromatic N) is 2. The van der Waals surface area contributed by atoms with Gasteiger partial charge in [0.2, 0.25) is 0 Å². The van der Waals surface area contributed by atoms with Crippen molar-refractivity contribution in [1.82, 2.24) is 4.98 Å². The summed E-state index contributed by atoms with van der Waals surface area (Å²) < 4.78 is 4.74. The molecule has 1 aliphatic heterocycles. The lowest BCUT2D eigenvalue weighted by molar-refractivity contribution is 0.287. The molecule has 6 heteroatoms. The first-order chi connectivity index (χ1) is 7.25. The molecule has 0 bridgehead atoms. The van der Waals surface area contributed by atoms with E-state index in [9.17, 15) is 0 Å². The molecule has 2 heterocycles. The van der Waals surface area contributed by atoms with E-state index in [1.807, 2.05) is 0 Å².